The van der Waals surface area contributed by atoms with Gasteiger partial charge in [0.15, 0.2) is 0 Å². The van der Waals surface area contributed by atoms with Crippen LogP contribution in [0.5, 0.6) is 0 Å². The molecule has 1 aromatic carbocycles. The summed E-state index contributed by atoms with van der Waals surface area (Å²) in [5.41, 5.74) is 0.844. The van der Waals surface area contributed by atoms with Crippen LogP contribution < -0.4 is 0 Å². The van der Waals surface area contributed by atoms with Crippen molar-refractivity contribution in [2.24, 2.45) is 0 Å². The monoisotopic (exact) mass is 178 g/mol. The predicted molar refractivity (Wildman–Crippen MR) is 48.7 cm³/mol. The Morgan fingerprint density at radius 3 is 2.38 bits per heavy atom. The van der Waals surface area contributed by atoms with Crippen LogP contribution in [0.2, 0.25) is 0 Å². The van der Waals surface area contributed by atoms with Gasteiger partial charge >= 0.3 is 0 Å². The van der Waals surface area contributed by atoms with E-state index < -0.39 is 12.1 Å². The Bertz CT molecular complexity index is 301. The van der Waals surface area contributed by atoms with E-state index in [1.54, 1.807) is 0 Å². The molecular formula is C10H10O3. The first kappa shape index (κ1) is 9.64. The topological polar surface area (TPSA) is 57.5 Å². The Labute approximate surface area is 76.0 Å². The van der Waals surface area contributed by atoms with Crippen LogP contribution in [0, 0.1) is 0 Å². The molecule has 0 heterocycles. The third-order valence-electron chi connectivity index (χ3n) is 1.49. The van der Waals surface area contributed by atoms with Gasteiger partial charge in [-0.3, -0.25) is 4.79 Å². The lowest BCUT2D eigenvalue weighted by Crippen LogP contribution is -2.16. The van der Waals surface area contributed by atoms with Gasteiger partial charge in [0.25, 0.3) is 0 Å². The minimum Gasteiger partial charge on any atom is -0.362 e. The van der Waals surface area contributed by atoms with Crippen molar-refractivity contribution in [1.29, 1.82) is 0 Å². The average molecular weight is 178 g/mol. The van der Waals surface area contributed by atoms with Crippen molar-refractivity contribution in [3.8, 4) is 0 Å². The molecule has 0 radical (unpaired) electrons. The number of aliphatic hydroxyl groups is 2. The summed E-state index contributed by atoms with van der Waals surface area (Å²) in [5.74, 6) is -0.719. The van der Waals surface area contributed by atoms with Crippen molar-refractivity contribution >= 4 is 11.9 Å². The van der Waals surface area contributed by atoms with Gasteiger partial charge < -0.3 is 10.2 Å². The van der Waals surface area contributed by atoms with Gasteiger partial charge in [-0.15, -0.1) is 0 Å². The fourth-order valence-electron chi connectivity index (χ4n) is 0.829. The predicted octanol–water partition coefficient (Wildman–Crippen LogP) is 0.580. The molecule has 0 aromatic heterocycles. The lowest BCUT2D eigenvalue weighted by molar-refractivity contribution is -0.139. The first-order chi connectivity index (χ1) is 6.20. The van der Waals surface area contributed by atoms with E-state index in [9.17, 15) is 4.79 Å². The van der Waals surface area contributed by atoms with Crippen molar-refractivity contribution in [3.63, 3.8) is 0 Å². The normalized spacial score (nSPS) is 11.0. The Balaban J connectivity index is 2.64. The smallest absolute Gasteiger partial charge is 0.217 e. The highest BCUT2D eigenvalue weighted by Crippen LogP contribution is 2.01. The quantitative estimate of drug-likeness (QED) is 0.525. The summed E-state index contributed by atoms with van der Waals surface area (Å²) < 4.78 is 0. The van der Waals surface area contributed by atoms with Crippen LogP contribution in [-0.2, 0) is 4.79 Å². The zero-order valence-electron chi connectivity index (χ0n) is 6.92. The fourth-order valence-corrected chi connectivity index (χ4v) is 0.829. The van der Waals surface area contributed by atoms with E-state index in [1.807, 2.05) is 30.3 Å². The minimum atomic E-state index is -1.92. The summed E-state index contributed by atoms with van der Waals surface area (Å²) in [6.45, 7) is 0. The number of hydrogen-bond donors (Lipinski definition) is 2. The molecule has 0 bridgehead atoms. The van der Waals surface area contributed by atoms with Crippen molar-refractivity contribution in [3.05, 3.63) is 42.0 Å². The molecule has 0 aliphatic carbocycles. The van der Waals surface area contributed by atoms with Gasteiger partial charge in [0.1, 0.15) is 0 Å². The van der Waals surface area contributed by atoms with E-state index in [0.29, 0.717) is 0 Å². The van der Waals surface area contributed by atoms with Gasteiger partial charge in [0.2, 0.25) is 12.1 Å². The van der Waals surface area contributed by atoms with Crippen LogP contribution in [0.4, 0.5) is 0 Å². The first-order valence-corrected chi connectivity index (χ1v) is 3.83. The van der Waals surface area contributed by atoms with Gasteiger partial charge in [-0.1, -0.05) is 36.4 Å². The van der Waals surface area contributed by atoms with Crippen molar-refractivity contribution < 1.29 is 15.0 Å². The van der Waals surface area contributed by atoms with Gasteiger partial charge in [-0.05, 0) is 11.6 Å². The molecule has 0 saturated carbocycles. The molecule has 0 aliphatic rings. The van der Waals surface area contributed by atoms with Gasteiger partial charge in [0.05, 0.1) is 0 Å². The second-order valence-corrected chi connectivity index (χ2v) is 2.52. The summed E-state index contributed by atoms with van der Waals surface area (Å²) in [7, 11) is 0. The fraction of sp³-hybridized carbons (Fsp3) is 0.100. The second-order valence-electron chi connectivity index (χ2n) is 2.52. The number of carbonyl (C=O) groups is 1. The lowest BCUT2D eigenvalue weighted by Gasteiger charge is -1.95. The SMILES string of the molecule is O=C(/C=C/c1ccccc1)C(O)O. The second kappa shape index (κ2) is 4.54. The van der Waals surface area contributed by atoms with Crippen LogP contribution in [0.15, 0.2) is 36.4 Å². The van der Waals surface area contributed by atoms with E-state index in [4.69, 9.17) is 10.2 Å². The molecule has 0 spiro atoms. The molecule has 2 N–H and O–H groups in total. The van der Waals surface area contributed by atoms with Gasteiger partial charge in [0, 0.05) is 0 Å². The number of hydrogen-bond acceptors (Lipinski definition) is 3. The number of rotatable bonds is 3. The minimum absolute atomic E-state index is 0.719. The van der Waals surface area contributed by atoms with Crippen molar-refractivity contribution in [2.45, 2.75) is 6.29 Å². The Morgan fingerprint density at radius 2 is 1.85 bits per heavy atom. The number of carbonyl (C=O) groups excluding carboxylic acids is 1. The van der Waals surface area contributed by atoms with E-state index in [1.165, 1.54) is 6.08 Å². The zero-order valence-corrected chi connectivity index (χ0v) is 6.92. The standard InChI is InChI=1S/C10H10O3/c11-9(10(12)13)7-6-8-4-2-1-3-5-8/h1-7,10,12-13H/b7-6+. The van der Waals surface area contributed by atoms with E-state index in [-0.39, 0.29) is 0 Å². The molecule has 0 atom stereocenters. The maximum atomic E-state index is 10.7. The molecule has 0 aliphatic heterocycles. The molecule has 0 saturated heterocycles. The van der Waals surface area contributed by atoms with Crippen LogP contribution in [0.1, 0.15) is 5.56 Å². The summed E-state index contributed by atoms with van der Waals surface area (Å²) in [5, 5.41) is 16.9. The molecule has 0 fully saturated rings. The van der Waals surface area contributed by atoms with Crippen molar-refractivity contribution in [2.75, 3.05) is 0 Å². The van der Waals surface area contributed by atoms with Crippen LogP contribution in [0.25, 0.3) is 6.08 Å². The molecule has 3 nitrogen and oxygen atoms in total. The number of benzene rings is 1. The maximum absolute atomic E-state index is 10.7. The molecular weight excluding hydrogens is 168 g/mol. The summed E-state index contributed by atoms with van der Waals surface area (Å²) in [4.78, 5) is 10.7. The molecule has 68 valence electrons. The van der Waals surface area contributed by atoms with E-state index >= 15 is 0 Å². The molecule has 0 amide bonds. The highest BCUT2D eigenvalue weighted by atomic mass is 16.5. The van der Waals surface area contributed by atoms with Crippen molar-refractivity contribution in [1.82, 2.24) is 0 Å². The van der Waals surface area contributed by atoms with Crippen LogP contribution in [-0.4, -0.2) is 22.3 Å². The number of ketones is 1. The highest BCUT2D eigenvalue weighted by molar-refractivity contribution is 5.95. The molecule has 1 aromatic rings. The van der Waals surface area contributed by atoms with Gasteiger partial charge in [-0.2, -0.15) is 0 Å². The van der Waals surface area contributed by atoms with Crippen LogP contribution in [0.3, 0.4) is 0 Å². The third kappa shape index (κ3) is 3.19. The maximum Gasteiger partial charge on any atom is 0.217 e. The van der Waals surface area contributed by atoms with E-state index in [2.05, 4.69) is 0 Å². The zero-order chi connectivity index (χ0) is 9.68. The lowest BCUT2D eigenvalue weighted by atomic mass is 10.2. The number of aliphatic hydroxyl groups excluding tert-OH is 1. The molecule has 0 unspecified atom stereocenters. The highest BCUT2D eigenvalue weighted by Gasteiger charge is 2.04. The summed E-state index contributed by atoms with van der Waals surface area (Å²) in [6.07, 6.45) is 0.752. The molecule has 13 heavy (non-hydrogen) atoms. The first-order valence-electron chi connectivity index (χ1n) is 3.83. The van der Waals surface area contributed by atoms with Crippen LogP contribution >= 0.6 is 0 Å². The average Bonchev–Trinajstić information content (AvgIpc) is 2.15. The Hall–Kier alpha value is -1.45. The Morgan fingerprint density at radius 1 is 1.23 bits per heavy atom. The summed E-state index contributed by atoms with van der Waals surface area (Å²) >= 11 is 0. The third-order valence-corrected chi connectivity index (χ3v) is 1.49. The van der Waals surface area contributed by atoms with Gasteiger partial charge in [-0.25, -0.2) is 0 Å². The summed E-state index contributed by atoms with van der Waals surface area (Å²) in [6, 6.07) is 9.15. The Kier molecular flexibility index (Phi) is 3.37. The largest absolute Gasteiger partial charge is 0.362 e. The molecule has 1 rings (SSSR count). The van der Waals surface area contributed by atoms with E-state index in [0.717, 1.165) is 11.6 Å². The molecule has 3 heteroatoms.